The lowest BCUT2D eigenvalue weighted by Gasteiger charge is -2.13. The van der Waals surface area contributed by atoms with Gasteiger partial charge in [0, 0.05) is 10.0 Å². The van der Waals surface area contributed by atoms with Gasteiger partial charge < -0.3 is 9.47 Å². The maximum absolute atomic E-state index is 9.56. The van der Waals surface area contributed by atoms with E-state index < -0.39 is 0 Å². The van der Waals surface area contributed by atoms with Crippen LogP contribution in [0.4, 0.5) is 0 Å². The molecule has 0 spiro atoms. The van der Waals surface area contributed by atoms with Crippen molar-refractivity contribution in [1.29, 1.82) is 5.26 Å². The Hall–Kier alpha value is -2.93. The normalized spacial score (nSPS) is 11.0. The molecule has 0 heterocycles. The van der Waals surface area contributed by atoms with Crippen molar-refractivity contribution in [2.45, 2.75) is 13.5 Å². The minimum atomic E-state index is 0.401. The fourth-order valence-electron chi connectivity index (χ4n) is 2.75. The van der Waals surface area contributed by atoms with Crippen molar-refractivity contribution in [2.75, 3.05) is 6.61 Å². The fourth-order valence-corrected chi connectivity index (χ4v) is 3.06. The van der Waals surface area contributed by atoms with E-state index in [-0.39, 0.29) is 0 Å². The molecule has 0 N–H and O–H groups in total. The molecule has 146 valence electrons. The van der Waals surface area contributed by atoms with Crippen LogP contribution in [0.5, 0.6) is 11.5 Å². The van der Waals surface area contributed by atoms with Crippen molar-refractivity contribution in [3.63, 3.8) is 0 Å². The first-order chi connectivity index (χ1) is 14.1. The Morgan fingerprint density at radius 1 is 0.931 bits per heavy atom. The number of nitriles is 1. The van der Waals surface area contributed by atoms with Crippen LogP contribution in [0.1, 0.15) is 23.6 Å². The number of allylic oxidation sites excluding steroid dienone is 1. The van der Waals surface area contributed by atoms with Crippen LogP contribution >= 0.6 is 23.2 Å². The molecule has 0 radical (unpaired) electrons. The highest BCUT2D eigenvalue weighted by Crippen LogP contribution is 2.31. The van der Waals surface area contributed by atoms with E-state index >= 15 is 0 Å². The summed E-state index contributed by atoms with van der Waals surface area (Å²) in [5.74, 6) is 1.26. The summed E-state index contributed by atoms with van der Waals surface area (Å²) in [7, 11) is 0. The zero-order chi connectivity index (χ0) is 20.6. The summed E-state index contributed by atoms with van der Waals surface area (Å²) >= 11 is 12.0. The number of benzene rings is 3. The molecule has 0 aliphatic carbocycles. The van der Waals surface area contributed by atoms with E-state index in [9.17, 15) is 5.26 Å². The third-order valence-corrected chi connectivity index (χ3v) is 4.63. The molecule has 0 amide bonds. The van der Waals surface area contributed by atoms with Gasteiger partial charge in [-0.1, -0.05) is 53.5 Å². The van der Waals surface area contributed by atoms with Gasteiger partial charge in [-0.15, -0.1) is 0 Å². The molecule has 29 heavy (non-hydrogen) atoms. The molecule has 0 atom stereocenters. The zero-order valence-electron chi connectivity index (χ0n) is 15.9. The van der Waals surface area contributed by atoms with Gasteiger partial charge >= 0.3 is 0 Å². The van der Waals surface area contributed by atoms with Crippen LogP contribution in [-0.4, -0.2) is 6.61 Å². The standard InChI is InChI=1S/C24H19Cl2NO2/c1-2-28-24-13-18(12-20(15-27)19-4-3-5-22(26)14-19)8-11-23(24)29-16-17-6-9-21(25)10-7-17/h3-14H,2,16H2,1H3/b20-12-. The summed E-state index contributed by atoms with van der Waals surface area (Å²) in [5, 5.41) is 10.8. The Labute approximate surface area is 180 Å². The number of halogens is 2. The summed E-state index contributed by atoms with van der Waals surface area (Å²) in [4.78, 5) is 0. The lowest BCUT2D eigenvalue weighted by Crippen LogP contribution is -2.00. The number of nitrogens with zero attached hydrogens (tertiary/aromatic N) is 1. The quantitative estimate of drug-likeness (QED) is 0.302. The van der Waals surface area contributed by atoms with Crippen molar-refractivity contribution < 1.29 is 9.47 Å². The predicted octanol–water partition coefficient (Wildman–Crippen LogP) is 7.04. The van der Waals surface area contributed by atoms with Crippen LogP contribution in [-0.2, 0) is 6.61 Å². The third-order valence-electron chi connectivity index (χ3n) is 4.14. The third kappa shape index (κ3) is 5.77. The summed E-state index contributed by atoms with van der Waals surface area (Å²) in [6.07, 6.45) is 1.80. The number of hydrogen-bond donors (Lipinski definition) is 0. The Balaban J connectivity index is 1.84. The molecule has 3 aromatic carbocycles. The molecule has 3 nitrogen and oxygen atoms in total. The zero-order valence-corrected chi connectivity index (χ0v) is 17.4. The maximum Gasteiger partial charge on any atom is 0.161 e. The smallest absolute Gasteiger partial charge is 0.161 e. The first-order valence-electron chi connectivity index (χ1n) is 9.11. The molecule has 0 bridgehead atoms. The summed E-state index contributed by atoms with van der Waals surface area (Å²) in [5.41, 5.74) is 3.13. The molecule has 0 aromatic heterocycles. The first kappa shape index (κ1) is 20.8. The van der Waals surface area contributed by atoms with Crippen LogP contribution in [0, 0.1) is 11.3 Å². The Bertz CT molecular complexity index is 1050. The predicted molar refractivity (Wildman–Crippen MR) is 118 cm³/mol. The van der Waals surface area contributed by atoms with Gasteiger partial charge in [-0.05, 0) is 66.1 Å². The van der Waals surface area contributed by atoms with E-state index in [1.54, 1.807) is 18.2 Å². The van der Waals surface area contributed by atoms with Crippen molar-refractivity contribution in [1.82, 2.24) is 0 Å². The molecule has 0 aliphatic heterocycles. The summed E-state index contributed by atoms with van der Waals surface area (Å²) < 4.78 is 11.7. The molecular formula is C24H19Cl2NO2. The van der Waals surface area contributed by atoms with Gasteiger partial charge in [0.25, 0.3) is 0 Å². The summed E-state index contributed by atoms with van der Waals surface area (Å²) in [6, 6.07) is 22.6. The molecule has 0 unspecified atom stereocenters. The van der Waals surface area contributed by atoms with Crippen molar-refractivity contribution >= 4 is 34.9 Å². The van der Waals surface area contributed by atoms with E-state index in [1.807, 2.05) is 61.5 Å². The monoisotopic (exact) mass is 423 g/mol. The lowest BCUT2D eigenvalue weighted by molar-refractivity contribution is 0.269. The molecule has 3 rings (SSSR count). The van der Waals surface area contributed by atoms with Gasteiger partial charge in [0.2, 0.25) is 0 Å². The van der Waals surface area contributed by atoms with E-state index in [0.29, 0.717) is 40.3 Å². The number of ether oxygens (including phenoxy) is 2. The molecule has 0 aliphatic rings. The molecule has 3 aromatic rings. The van der Waals surface area contributed by atoms with E-state index in [1.165, 1.54) is 0 Å². The fraction of sp³-hybridized carbons (Fsp3) is 0.125. The van der Waals surface area contributed by atoms with Gasteiger partial charge in [-0.3, -0.25) is 0 Å². The van der Waals surface area contributed by atoms with Crippen LogP contribution in [0.3, 0.4) is 0 Å². The molecule has 0 fully saturated rings. The molecule has 5 heteroatoms. The maximum atomic E-state index is 9.56. The Morgan fingerprint density at radius 2 is 1.72 bits per heavy atom. The van der Waals surface area contributed by atoms with Crippen LogP contribution in [0.15, 0.2) is 66.7 Å². The topological polar surface area (TPSA) is 42.2 Å². The van der Waals surface area contributed by atoms with Gasteiger partial charge in [0.05, 0.1) is 18.2 Å². The minimum Gasteiger partial charge on any atom is -0.490 e. The first-order valence-corrected chi connectivity index (χ1v) is 9.86. The van der Waals surface area contributed by atoms with Gasteiger partial charge in [0.15, 0.2) is 11.5 Å². The molecule has 0 saturated carbocycles. The molecular weight excluding hydrogens is 405 g/mol. The van der Waals surface area contributed by atoms with Gasteiger partial charge in [0.1, 0.15) is 6.61 Å². The Kier molecular flexibility index (Phi) is 7.19. The molecule has 0 saturated heterocycles. The second-order valence-electron chi connectivity index (χ2n) is 6.23. The highest BCUT2D eigenvalue weighted by atomic mass is 35.5. The largest absolute Gasteiger partial charge is 0.490 e. The van der Waals surface area contributed by atoms with Crippen LogP contribution in [0.2, 0.25) is 10.0 Å². The van der Waals surface area contributed by atoms with Crippen LogP contribution < -0.4 is 9.47 Å². The Morgan fingerprint density at radius 3 is 2.41 bits per heavy atom. The second-order valence-corrected chi connectivity index (χ2v) is 7.11. The van der Waals surface area contributed by atoms with Crippen molar-refractivity contribution in [2.24, 2.45) is 0 Å². The average molecular weight is 424 g/mol. The van der Waals surface area contributed by atoms with E-state index in [2.05, 4.69) is 6.07 Å². The van der Waals surface area contributed by atoms with Crippen molar-refractivity contribution in [3.05, 3.63) is 93.5 Å². The second kappa shape index (κ2) is 10.0. The van der Waals surface area contributed by atoms with E-state index in [4.69, 9.17) is 32.7 Å². The highest BCUT2D eigenvalue weighted by Gasteiger charge is 2.08. The van der Waals surface area contributed by atoms with Gasteiger partial charge in [-0.2, -0.15) is 5.26 Å². The average Bonchev–Trinajstić information content (AvgIpc) is 2.73. The van der Waals surface area contributed by atoms with Crippen LogP contribution in [0.25, 0.3) is 11.6 Å². The summed E-state index contributed by atoms with van der Waals surface area (Å²) in [6.45, 7) is 2.82. The van der Waals surface area contributed by atoms with E-state index in [0.717, 1.165) is 16.7 Å². The van der Waals surface area contributed by atoms with Crippen molar-refractivity contribution in [3.8, 4) is 17.6 Å². The minimum absolute atomic E-state index is 0.401. The number of hydrogen-bond acceptors (Lipinski definition) is 3. The van der Waals surface area contributed by atoms with Gasteiger partial charge in [-0.25, -0.2) is 0 Å². The SMILES string of the molecule is CCOc1cc(/C=C(/C#N)c2cccc(Cl)c2)ccc1OCc1ccc(Cl)cc1. The highest BCUT2D eigenvalue weighted by molar-refractivity contribution is 6.31. The number of rotatable bonds is 7. The lowest BCUT2D eigenvalue weighted by atomic mass is 10.0.